The Labute approximate surface area is 87.9 Å². The molecule has 0 atom stereocenters. The summed E-state index contributed by atoms with van der Waals surface area (Å²) >= 11 is 1.89. The molecule has 1 aromatic rings. The lowest BCUT2D eigenvalue weighted by Gasteiger charge is -2.15. The van der Waals surface area contributed by atoms with Gasteiger partial charge in [0.25, 0.3) is 0 Å². The van der Waals surface area contributed by atoms with Crippen LogP contribution in [0.3, 0.4) is 0 Å². The van der Waals surface area contributed by atoms with Crippen molar-refractivity contribution in [3.05, 3.63) is 17.5 Å². The highest BCUT2D eigenvalue weighted by Gasteiger charge is 2.14. The van der Waals surface area contributed by atoms with Gasteiger partial charge >= 0.3 is 0 Å². The average Bonchev–Trinajstić information content (AvgIpc) is 2.64. The molecule has 2 rings (SSSR count). The van der Waals surface area contributed by atoms with Crippen molar-refractivity contribution >= 4 is 17.7 Å². The Bertz CT molecular complexity index is 329. The van der Waals surface area contributed by atoms with Gasteiger partial charge in [-0.25, -0.2) is 9.97 Å². The number of aromatic nitrogens is 2. The van der Waals surface area contributed by atoms with Crippen LogP contribution in [0, 0.1) is 0 Å². The van der Waals surface area contributed by atoms with E-state index in [1.54, 1.807) is 0 Å². The van der Waals surface area contributed by atoms with Crippen molar-refractivity contribution in [2.45, 2.75) is 11.5 Å². The molecule has 76 valence electrons. The normalized spacial score (nSPS) is 14.1. The van der Waals surface area contributed by atoms with Gasteiger partial charge in [-0.3, -0.25) is 0 Å². The molecule has 2 heterocycles. The minimum Gasteiger partial charge on any atom is -0.343 e. The molecule has 1 aliphatic rings. The van der Waals surface area contributed by atoms with Crippen LogP contribution < -0.4 is 10.6 Å². The number of likely N-dealkylation sites (N-methyl/N-ethyl adjacent to an activating group) is 1. The van der Waals surface area contributed by atoms with Crippen LogP contribution in [0.5, 0.6) is 0 Å². The van der Waals surface area contributed by atoms with Crippen molar-refractivity contribution in [3.8, 4) is 0 Å². The molecule has 0 unspecified atom stereocenters. The van der Waals surface area contributed by atoms with Gasteiger partial charge in [0, 0.05) is 43.4 Å². The highest BCUT2D eigenvalue weighted by molar-refractivity contribution is 7.98. The number of hydrogen-bond acceptors (Lipinski definition) is 5. The molecule has 0 aliphatic carbocycles. The number of nitrogens with zero attached hydrogens (tertiary/aromatic N) is 3. The number of thioether (sulfide) groups is 1. The first-order valence-electron chi connectivity index (χ1n) is 4.65. The number of rotatable bonds is 3. The summed E-state index contributed by atoms with van der Waals surface area (Å²) in [4.78, 5) is 10.8. The minimum absolute atomic E-state index is 0.631. The Balaban J connectivity index is 2.19. The SMILES string of the molecule is CN(CCN)c1ncc2c(n1)CSC2. The van der Waals surface area contributed by atoms with Gasteiger partial charge in [0.1, 0.15) is 0 Å². The van der Waals surface area contributed by atoms with Gasteiger partial charge < -0.3 is 10.6 Å². The van der Waals surface area contributed by atoms with E-state index in [0.29, 0.717) is 6.54 Å². The van der Waals surface area contributed by atoms with Crippen molar-refractivity contribution in [3.63, 3.8) is 0 Å². The number of hydrogen-bond donors (Lipinski definition) is 1. The molecule has 1 aromatic heterocycles. The van der Waals surface area contributed by atoms with Gasteiger partial charge in [-0.15, -0.1) is 0 Å². The summed E-state index contributed by atoms with van der Waals surface area (Å²) in [5.41, 5.74) is 7.94. The molecular weight excluding hydrogens is 196 g/mol. The Hall–Kier alpha value is -0.810. The van der Waals surface area contributed by atoms with Crippen molar-refractivity contribution < 1.29 is 0 Å². The fraction of sp³-hybridized carbons (Fsp3) is 0.556. The molecule has 1 aliphatic heterocycles. The quantitative estimate of drug-likeness (QED) is 0.792. The summed E-state index contributed by atoms with van der Waals surface area (Å²) in [6.45, 7) is 1.43. The third-order valence-electron chi connectivity index (χ3n) is 2.24. The Morgan fingerprint density at radius 1 is 1.57 bits per heavy atom. The van der Waals surface area contributed by atoms with Crippen LogP contribution in [-0.2, 0) is 11.5 Å². The molecule has 0 aromatic carbocycles. The summed E-state index contributed by atoms with van der Waals surface area (Å²) in [5.74, 6) is 2.86. The smallest absolute Gasteiger partial charge is 0.225 e. The zero-order chi connectivity index (χ0) is 9.97. The molecule has 5 heteroatoms. The topological polar surface area (TPSA) is 55.0 Å². The first-order valence-corrected chi connectivity index (χ1v) is 5.80. The van der Waals surface area contributed by atoms with Crippen LogP contribution >= 0.6 is 11.8 Å². The molecule has 0 saturated carbocycles. The fourth-order valence-electron chi connectivity index (χ4n) is 1.41. The average molecular weight is 210 g/mol. The second kappa shape index (κ2) is 4.14. The van der Waals surface area contributed by atoms with Crippen LogP contribution in [0.1, 0.15) is 11.3 Å². The molecule has 0 bridgehead atoms. The van der Waals surface area contributed by atoms with E-state index in [4.69, 9.17) is 5.73 Å². The zero-order valence-corrected chi connectivity index (χ0v) is 9.05. The third kappa shape index (κ3) is 1.83. The van der Waals surface area contributed by atoms with Gasteiger partial charge in [-0.2, -0.15) is 11.8 Å². The molecule has 0 saturated heterocycles. The number of anilines is 1. The third-order valence-corrected chi connectivity index (χ3v) is 3.24. The molecular formula is C9H14N4S. The molecule has 0 amide bonds. The van der Waals surface area contributed by atoms with E-state index in [2.05, 4.69) is 9.97 Å². The standard InChI is InChI=1S/C9H14N4S/c1-13(3-2-10)9-11-4-7-5-14-6-8(7)12-9/h4H,2-3,5-6,10H2,1H3. The molecule has 14 heavy (non-hydrogen) atoms. The van der Waals surface area contributed by atoms with E-state index in [-0.39, 0.29) is 0 Å². The van der Waals surface area contributed by atoms with E-state index in [1.165, 1.54) is 11.3 Å². The lowest BCUT2D eigenvalue weighted by atomic mass is 10.3. The zero-order valence-electron chi connectivity index (χ0n) is 8.23. The second-order valence-corrected chi connectivity index (χ2v) is 4.33. The van der Waals surface area contributed by atoms with Gasteiger partial charge in [-0.1, -0.05) is 0 Å². The summed E-state index contributed by atoms with van der Waals surface area (Å²) in [5, 5.41) is 0. The molecule has 2 N–H and O–H groups in total. The fourth-order valence-corrected chi connectivity index (χ4v) is 2.42. The summed E-state index contributed by atoms with van der Waals surface area (Å²) < 4.78 is 0. The van der Waals surface area contributed by atoms with Crippen LogP contribution in [0.2, 0.25) is 0 Å². The maximum atomic E-state index is 5.48. The van der Waals surface area contributed by atoms with Crippen molar-refractivity contribution in [1.29, 1.82) is 0 Å². The van der Waals surface area contributed by atoms with Gasteiger partial charge in [0.2, 0.25) is 5.95 Å². The van der Waals surface area contributed by atoms with Crippen molar-refractivity contribution in [1.82, 2.24) is 9.97 Å². The lowest BCUT2D eigenvalue weighted by Crippen LogP contribution is -2.26. The van der Waals surface area contributed by atoms with Crippen molar-refractivity contribution in [2.75, 3.05) is 25.0 Å². The highest BCUT2D eigenvalue weighted by atomic mass is 32.2. The highest BCUT2D eigenvalue weighted by Crippen LogP contribution is 2.28. The summed E-state index contributed by atoms with van der Waals surface area (Å²) in [6.07, 6.45) is 1.94. The second-order valence-electron chi connectivity index (χ2n) is 3.34. The Morgan fingerprint density at radius 3 is 3.21 bits per heavy atom. The lowest BCUT2D eigenvalue weighted by molar-refractivity contribution is 0.838. The predicted molar refractivity (Wildman–Crippen MR) is 59.4 cm³/mol. The predicted octanol–water partition coefficient (Wildman–Crippen LogP) is 0.618. The molecule has 0 radical (unpaired) electrons. The van der Waals surface area contributed by atoms with Gasteiger partial charge in [-0.05, 0) is 0 Å². The first-order chi connectivity index (χ1) is 6.81. The maximum absolute atomic E-state index is 5.48. The minimum atomic E-state index is 0.631. The van der Waals surface area contributed by atoms with E-state index in [9.17, 15) is 0 Å². The molecule has 0 spiro atoms. The summed E-state index contributed by atoms with van der Waals surface area (Å²) in [7, 11) is 1.97. The Morgan fingerprint density at radius 2 is 2.43 bits per heavy atom. The van der Waals surface area contributed by atoms with E-state index >= 15 is 0 Å². The summed E-state index contributed by atoms with van der Waals surface area (Å²) in [6, 6.07) is 0. The Kier molecular flexibility index (Phi) is 2.88. The van der Waals surface area contributed by atoms with Crippen LogP contribution in [-0.4, -0.2) is 30.1 Å². The van der Waals surface area contributed by atoms with Gasteiger partial charge in [0.15, 0.2) is 0 Å². The van der Waals surface area contributed by atoms with E-state index < -0.39 is 0 Å². The van der Waals surface area contributed by atoms with Crippen molar-refractivity contribution in [2.24, 2.45) is 5.73 Å². The maximum Gasteiger partial charge on any atom is 0.225 e. The molecule has 0 fully saturated rings. The number of fused-ring (bicyclic) bond motifs is 1. The van der Waals surface area contributed by atoms with E-state index in [1.807, 2.05) is 29.9 Å². The van der Waals surface area contributed by atoms with Gasteiger partial charge in [0.05, 0.1) is 5.69 Å². The largest absolute Gasteiger partial charge is 0.343 e. The first kappa shape index (κ1) is 9.73. The number of nitrogens with two attached hydrogens (primary N) is 1. The van der Waals surface area contributed by atoms with Crippen LogP contribution in [0.4, 0.5) is 5.95 Å². The monoisotopic (exact) mass is 210 g/mol. The van der Waals surface area contributed by atoms with Crippen LogP contribution in [0.15, 0.2) is 6.20 Å². The van der Waals surface area contributed by atoms with E-state index in [0.717, 1.165) is 24.0 Å². The van der Waals surface area contributed by atoms with Crippen LogP contribution in [0.25, 0.3) is 0 Å². The molecule has 4 nitrogen and oxygen atoms in total.